The maximum atomic E-state index is 12.5. The molecule has 0 spiro atoms. The van der Waals surface area contributed by atoms with Gasteiger partial charge in [-0.15, -0.1) is 0 Å². The van der Waals surface area contributed by atoms with Gasteiger partial charge < -0.3 is 4.74 Å². The minimum atomic E-state index is -0.262. The van der Waals surface area contributed by atoms with Gasteiger partial charge in [-0.2, -0.15) is 0 Å². The lowest BCUT2D eigenvalue weighted by molar-refractivity contribution is 0.102. The molecule has 0 unspecified atom stereocenters. The molecule has 1 heterocycles. The van der Waals surface area contributed by atoms with Crippen LogP contribution >= 0.6 is 34.5 Å². The molecule has 4 aromatic rings. The molecule has 0 aliphatic carbocycles. The largest absolute Gasteiger partial charge is 0.457 e. The fourth-order valence-corrected chi connectivity index (χ4v) is 3.74. The number of nitrogens with zero attached hydrogens (tertiary/aromatic N) is 1. The maximum Gasteiger partial charge on any atom is 0.257 e. The molecule has 27 heavy (non-hydrogen) atoms. The quantitative estimate of drug-likeness (QED) is 0.406. The Balaban J connectivity index is 1.49. The van der Waals surface area contributed by atoms with Crippen LogP contribution in [0.25, 0.3) is 10.2 Å². The van der Waals surface area contributed by atoms with Crippen LogP contribution in [0.15, 0.2) is 66.7 Å². The minimum Gasteiger partial charge on any atom is -0.457 e. The van der Waals surface area contributed by atoms with Gasteiger partial charge in [-0.1, -0.05) is 52.7 Å². The highest BCUT2D eigenvalue weighted by Crippen LogP contribution is 2.35. The normalized spacial score (nSPS) is 10.7. The molecule has 1 amide bonds. The van der Waals surface area contributed by atoms with E-state index in [1.165, 1.54) is 11.3 Å². The van der Waals surface area contributed by atoms with Gasteiger partial charge in [0.05, 0.1) is 14.7 Å². The van der Waals surface area contributed by atoms with Crippen molar-refractivity contribution in [1.29, 1.82) is 0 Å². The van der Waals surface area contributed by atoms with E-state index < -0.39 is 0 Å². The van der Waals surface area contributed by atoms with E-state index in [0.29, 0.717) is 32.0 Å². The highest BCUT2D eigenvalue weighted by Gasteiger charge is 2.13. The molecule has 0 bridgehead atoms. The number of carbonyl (C=O) groups is 1. The number of hydrogen-bond donors (Lipinski definition) is 1. The number of amides is 1. The van der Waals surface area contributed by atoms with Crippen molar-refractivity contribution >= 4 is 55.8 Å². The fourth-order valence-electron chi connectivity index (χ4n) is 2.46. The zero-order valence-corrected chi connectivity index (χ0v) is 16.1. The molecule has 0 aliphatic rings. The number of carbonyl (C=O) groups excluding carboxylic acids is 1. The van der Waals surface area contributed by atoms with E-state index in [1.54, 1.807) is 30.3 Å². The molecule has 0 atom stereocenters. The first-order chi connectivity index (χ1) is 13.1. The summed E-state index contributed by atoms with van der Waals surface area (Å²) in [5, 5.41) is 4.07. The second kappa shape index (κ2) is 7.56. The fraction of sp³-hybridized carbons (Fsp3) is 0. The molecular weight excluding hydrogens is 403 g/mol. The Labute approximate surface area is 169 Å². The van der Waals surface area contributed by atoms with Gasteiger partial charge in [-0.3, -0.25) is 10.1 Å². The maximum absolute atomic E-state index is 12.5. The lowest BCUT2D eigenvalue weighted by Gasteiger charge is -2.06. The van der Waals surface area contributed by atoms with Crippen LogP contribution in [-0.2, 0) is 0 Å². The van der Waals surface area contributed by atoms with Crippen molar-refractivity contribution in [1.82, 2.24) is 4.98 Å². The Hall–Kier alpha value is -2.60. The van der Waals surface area contributed by atoms with Crippen molar-refractivity contribution in [3.63, 3.8) is 0 Å². The van der Waals surface area contributed by atoms with Gasteiger partial charge in [-0.25, -0.2) is 4.98 Å². The molecule has 1 N–H and O–H groups in total. The SMILES string of the molecule is O=C(Nc1nc2c(Cl)c(Cl)ccc2s1)c1ccc(Oc2ccccc2)cc1. The first kappa shape index (κ1) is 17.8. The first-order valence-corrected chi connectivity index (χ1v) is 9.56. The van der Waals surface area contributed by atoms with Gasteiger partial charge >= 0.3 is 0 Å². The standard InChI is InChI=1S/C20H12Cl2N2O2S/c21-15-10-11-16-18(17(15)22)23-20(27-16)24-19(25)12-6-8-14(9-7-12)26-13-4-2-1-3-5-13/h1-11H,(H,23,24,25). The van der Waals surface area contributed by atoms with E-state index in [0.717, 1.165) is 10.4 Å². The number of thiazole rings is 1. The van der Waals surface area contributed by atoms with Gasteiger partial charge in [0.15, 0.2) is 5.13 Å². The van der Waals surface area contributed by atoms with Crippen LogP contribution in [0.4, 0.5) is 5.13 Å². The number of anilines is 1. The van der Waals surface area contributed by atoms with Gasteiger partial charge in [-0.05, 0) is 48.5 Å². The van der Waals surface area contributed by atoms with E-state index in [9.17, 15) is 4.79 Å². The first-order valence-electron chi connectivity index (χ1n) is 7.99. The van der Waals surface area contributed by atoms with Crippen molar-refractivity contribution in [3.05, 3.63) is 82.3 Å². The Morgan fingerprint density at radius 2 is 1.63 bits per heavy atom. The van der Waals surface area contributed by atoms with Crippen molar-refractivity contribution in [3.8, 4) is 11.5 Å². The lowest BCUT2D eigenvalue weighted by Crippen LogP contribution is -2.11. The Morgan fingerprint density at radius 3 is 2.37 bits per heavy atom. The smallest absolute Gasteiger partial charge is 0.257 e. The van der Waals surface area contributed by atoms with Crippen molar-refractivity contribution in [2.45, 2.75) is 0 Å². The number of hydrogen-bond acceptors (Lipinski definition) is 4. The van der Waals surface area contributed by atoms with Crippen LogP contribution in [0.2, 0.25) is 10.0 Å². The van der Waals surface area contributed by atoms with Crippen LogP contribution in [0.1, 0.15) is 10.4 Å². The number of halogens is 2. The second-order valence-corrected chi connectivity index (χ2v) is 7.44. The summed E-state index contributed by atoms with van der Waals surface area (Å²) in [4.78, 5) is 16.8. The number of rotatable bonds is 4. The summed E-state index contributed by atoms with van der Waals surface area (Å²) in [6, 6.07) is 19.9. The number of ether oxygens (including phenoxy) is 1. The summed E-state index contributed by atoms with van der Waals surface area (Å²) < 4.78 is 6.58. The summed E-state index contributed by atoms with van der Waals surface area (Å²) in [6.07, 6.45) is 0. The molecular formula is C20H12Cl2N2O2S. The molecule has 0 saturated carbocycles. The average Bonchev–Trinajstić information content (AvgIpc) is 3.09. The number of fused-ring (bicyclic) bond motifs is 1. The molecule has 4 rings (SSSR count). The van der Waals surface area contributed by atoms with E-state index >= 15 is 0 Å². The molecule has 134 valence electrons. The zero-order chi connectivity index (χ0) is 18.8. The van der Waals surface area contributed by atoms with E-state index in [2.05, 4.69) is 10.3 Å². The summed E-state index contributed by atoms with van der Waals surface area (Å²) in [5.41, 5.74) is 1.08. The third-order valence-electron chi connectivity index (χ3n) is 3.77. The zero-order valence-electron chi connectivity index (χ0n) is 13.8. The topological polar surface area (TPSA) is 51.2 Å². The van der Waals surface area contributed by atoms with Gasteiger partial charge in [0.2, 0.25) is 0 Å². The number of aromatic nitrogens is 1. The molecule has 0 radical (unpaired) electrons. The summed E-state index contributed by atoms with van der Waals surface area (Å²) in [6.45, 7) is 0. The number of nitrogens with one attached hydrogen (secondary N) is 1. The molecule has 1 aromatic heterocycles. The molecule has 4 nitrogen and oxygen atoms in total. The average molecular weight is 415 g/mol. The monoisotopic (exact) mass is 414 g/mol. The molecule has 0 fully saturated rings. The number of benzene rings is 3. The molecule has 7 heteroatoms. The van der Waals surface area contributed by atoms with Crippen LogP contribution in [-0.4, -0.2) is 10.9 Å². The second-order valence-electron chi connectivity index (χ2n) is 5.62. The summed E-state index contributed by atoms with van der Waals surface area (Å²) in [5.74, 6) is 1.13. The Morgan fingerprint density at radius 1 is 0.926 bits per heavy atom. The van der Waals surface area contributed by atoms with E-state index in [1.807, 2.05) is 36.4 Å². The van der Waals surface area contributed by atoms with Crippen molar-refractivity contribution < 1.29 is 9.53 Å². The predicted molar refractivity (Wildman–Crippen MR) is 111 cm³/mol. The lowest BCUT2D eigenvalue weighted by atomic mass is 10.2. The van der Waals surface area contributed by atoms with Crippen LogP contribution in [0.3, 0.4) is 0 Å². The van der Waals surface area contributed by atoms with Crippen LogP contribution in [0, 0.1) is 0 Å². The van der Waals surface area contributed by atoms with Crippen LogP contribution in [0.5, 0.6) is 11.5 Å². The van der Waals surface area contributed by atoms with Crippen molar-refractivity contribution in [2.75, 3.05) is 5.32 Å². The van der Waals surface area contributed by atoms with Crippen molar-refractivity contribution in [2.24, 2.45) is 0 Å². The molecule has 3 aromatic carbocycles. The predicted octanol–water partition coefficient (Wildman–Crippen LogP) is 6.65. The van der Waals surface area contributed by atoms with E-state index in [4.69, 9.17) is 27.9 Å². The number of para-hydroxylation sites is 1. The van der Waals surface area contributed by atoms with Gasteiger partial charge in [0, 0.05) is 5.56 Å². The third kappa shape index (κ3) is 3.90. The van der Waals surface area contributed by atoms with Gasteiger partial charge in [0.25, 0.3) is 5.91 Å². The summed E-state index contributed by atoms with van der Waals surface area (Å²) in [7, 11) is 0. The molecule has 0 aliphatic heterocycles. The highest BCUT2D eigenvalue weighted by atomic mass is 35.5. The Bertz CT molecular complexity index is 1110. The highest BCUT2D eigenvalue weighted by molar-refractivity contribution is 7.22. The summed E-state index contributed by atoms with van der Waals surface area (Å²) >= 11 is 13.5. The Kier molecular flexibility index (Phi) is 4.99. The third-order valence-corrected chi connectivity index (χ3v) is 5.50. The van der Waals surface area contributed by atoms with E-state index in [-0.39, 0.29) is 5.91 Å². The van der Waals surface area contributed by atoms with Gasteiger partial charge in [0.1, 0.15) is 17.0 Å². The minimum absolute atomic E-state index is 0.262. The van der Waals surface area contributed by atoms with Crippen LogP contribution < -0.4 is 10.1 Å². The molecule has 0 saturated heterocycles.